The van der Waals surface area contributed by atoms with Crippen LogP contribution in [0.4, 0.5) is 30.7 Å². The van der Waals surface area contributed by atoms with E-state index in [0.717, 1.165) is 5.56 Å². The fraction of sp³-hybridized carbons (Fsp3) is 0.333. The van der Waals surface area contributed by atoms with Gasteiger partial charge in [0.25, 0.3) is 0 Å². The number of nitrogens with one attached hydrogen (secondary N) is 1. The Morgan fingerprint density at radius 2 is 1.65 bits per heavy atom. The number of hydrogen-bond acceptors (Lipinski definition) is 2. The Labute approximate surface area is 189 Å². The highest BCUT2D eigenvalue weighted by Crippen LogP contribution is 2.48. The molecule has 4 aromatic rings. The molecule has 0 amide bonds. The van der Waals surface area contributed by atoms with Crippen LogP contribution in [-0.2, 0) is 0 Å². The summed E-state index contributed by atoms with van der Waals surface area (Å²) < 4.78 is 97.7. The fourth-order valence-corrected chi connectivity index (χ4v) is 5.14. The second kappa shape index (κ2) is 8.25. The van der Waals surface area contributed by atoms with Crippen LogP contribution in [0.15, 0.2) is 36.5 Å². The summed E-state index contributed by atoms with van der Waals surface area (Å²) >= 11 is 0. The van der Waals surface area contributed by atoms with Crippen LogP contribution in [0.3, 0.4) is 0 Å². The van der Waals surface area contributed by atoms with E-state index in [1.165, 1.54) is 12.1 Å². The normalized spacial score (nSPS) is 20.2. The minimum absolute atomic E-state index is 0.0860. The predicted octanol–water partition coefficient (Wildman–Crippen LogP) is 7.29. The molecule has 34 heavy (non-hydrogen) atoms. The molecule has 0 radical (unpaired) electrons. The van der Waals surface area contributed by atoms with Gasteiger partial charge in [-0.3, -0.25) is 4.98 Å². The molecule has 2 heterocycles. The number of fused-ring (bicyclic) bond motifs is 2. The lowest BCUT2D eigenvalue weighted by Gasteiger charge is -2.34. The van der Waals surface area contributed by atoms with Gasteiger partial charge in [-0.25, -0.2) is 22.5 Å². The van der Waals surface area contributed by atoms with Crippen molar-refractivity contribution in [1.82, 2.24) is 15.0 Å². The summed E-state index contributed by atoms with van der Waals surface area (Å²) in [5, 5.41) is 0.628. The van der Waals surface area contributed by atoms with E-state index in [0.29, 0.717) is 23.7 Å². The molecule has 2 aromatic carbocycles. The van der Waals surface area contributed by atoms with Gasteiger partial charge in [-0.2, -0.15) is 13.2 Å². The van der Waals surface area contributed by atoms with E-state index in [1.807, 2.05) is 0 Å². The molecule has 1 atom stereocenters. The molecule has 1 aliphatic carbocycles. The van der Waals surface area contributed by atoms with E-state index in [2.05, 4.69) is 15.0 Å². The molecule has 1 fully saturated rings. The summed E-state index contributed by atoms with van der Waals surface area (Å²) in [5.74, 6) is -8.34. The standard InChI is InChI=1S/C24H18F7N3/c25-13-5-6-18-15(9-13)14(7-8-32-18)11-1-3-12(4-2-11)19(24(29,30)31)23-33-21-17(27)10-16(26)20(28)22(21)34-23/h5-12,19H,1-4H2,(H,33,34)/t11?,12?,19-/m1/s1. The largest absolute Gasteiger partial charge is 0.399 e. The minimum atomic E-state index is -4.73. The smallest absolute Gasteiger partial charge is 0.339 e. The van der Waals surface area contributed by atoms with Crippen LogP contribution in [0.2, 0.25) is 0 Å². The zero-order valence-electron chi connectivity index (χ0n) is 17.6. The maximum Gasteiger partial charge on any atom is 0.399 e. The third-order valence-electron chi connectivity index (χ3n) is 6.70. The average molecular weight is 481 g/mol. The number of H-pyrrole nitrogens is 1. The van der Waals surface area contributed by atoms with Crippen molar-refractivity contribution < 1.29 is 30.7 Å². The predicted molar refractivity (Wildman–Crippen MR) is 111 cm³/mol. The monoisotopic (exact) mass is 481 g/mol. The number of alkyl halides is 3. The Morgan fingerprint density at radius 3 is 2.35 bits per heavy atom. The van der Waals surface area contributed by atoms with Gasteiger partial charge in [0.05, 0.1) is 5.52 Å². The number of pyridine rings is 1. The van der Waals surface area contributed by atoms with E-state index in [1.54, 1.807) is 18.3 Å². The quantitative estimate of drug-likeness (QED) is 0.247. The maximum absolute atomic E-state index is 14.1. The van der Waals surface area contributed by atoms with Crippen molar-refractivity contribution >= 4 is 21.9 Å². The molecule has 10 heteroatoms. The van der Waals surface area contributed by atoms with Gasteiger partial charge in [0.2, 0.25) is 0 Å². The van der Waals surface area contributed by atoms with Crippen LogP contribution in [0, 0.1) is 29.2 Å². The second-order valence-corrected chi connectivity index (χ2v) is 8.69. The molecule has 0 saturated heterocycles. The number of aromatic amines is 1. The van der Waals surface area contributed by atoms with Crippen LogP contribution < -0.4 is 0 Å². The molecule has 5 rings (SSSR count). The number of aromatic nitrogens is 3. The Balaban J connectivity index is 1.45. The number of imidazole rings is 1. The van der Waals surface area contributed by atoms with Gasteiger partial charge in [0, 0.05) is 17.6 Å². The highest BCUT2D eigenvalue weighted by Gasteiger charge is 2.48. The SMILES string of the molecule is Fc1ccc2nccc(C3CCC([C@H](c4nc5c(F)cc(F)c(F)c5[nH]4)C(F)(F)F)CC3)c2c1. The average Bonchev–Trinajstić information content (AvgIpc) is 3.22. The van der Waals surface area contributed by atoms with Crippen molar-refractivity contribution in [2.75, 3.05) is 0 Å². The van der Waals surface area contributed by atoms with Gasteiger partial charge in [-0.05, 0) is 67.3 Å². The number of halogens is 7. The Kier molecular flexibility index (Phi) is 5.49. The number of nitrogens with zero attached hydrogens (tertiary/aromatic N) is 2. The van der Waals surface area contributed by atoms with Gasteiger partial charge in [0.15, 0.2) is 17.5 Å². The van der Waals surface area contributed by atoms with Crippen LogP contribution in [-0.4, -0.2) is 21.1 Å². The lowest BCUT2D eigenvalue weighted by Crippen LogP contribution is -2.31. The zero-order chi connectivity index (χ0) is 24.2. The zero-order valence-corrected chi connectivity index (χ0v) is 17.6. The van der Waals surface area contributed by atoms with Gasteiger partial charge < -0.3 is 4.98 Å². The molecular formula is C24H18F7N3. The summed E-state index contributed by atoms with van der Waals surface area (Å²) in [5.41, 5.74) is 0.0467. The first-order valence-corrected chi connectivity index (χ1v) is 10.8. The van der Waals surface area contributed by atoms with E-state index < -0.39 is 58.1 Å². The van der Waals surface area contributed by atoms with E-state index >= 15 is 0 Å². The van der Waals surface area contributed by atoms with Crippen molar-refractivity contribution in [3.8, 4) is 0 Å². The first-order chi connectivity index (χ1) is 16.1. The molecule has 2 aromatic heterocycles. The lowest BCUT2D eigenvalue weighted by atomic mass is 9.73. The molecule has 0 aliphatic heterocycles. The van der Waals surface area contributed by atoms with Crippen LogP contribution >= 0.6 is 0 Å². The first-order valence-electron chi connectivity index (χ1n) is 10.8. The number of rotatable bonds is 3. The lowest BCUT2D eigenvalue weighted by molar-refractivity contribution is -0.166. The Hall–Kier alpha value is -3.17. The molecule has 1 saturated carbocycles. The summed E-state index contributed by atoms with van der Waals surface area (Å²) in [4.78, 5) is 10.1. The second-order valence-electron chi connectivity index (χ2n) is 8.69. The van der Waals surface area contributed by atoms with E-state index in [9.17, 15) is 30.7 Å². The van der Waals surface area contributed by atoms with Crippen molar-refractivity contribution in [3.63, 3.8) is 0 Å². The Bertz CT molecular complexity index is 1370. The van der Waals surface area contributed by atoms with Crippen molar-refractivity contribution in [2.45, 2.75) is 43.7 Å². The minimum Gasteiger partial charge on any atom is -0.339 e. The Morgan fingerprint density at radius 1 is 0.912 bits per heavy atom. The topological polar surface area (TPSA) is 41.6 Å². The number of benzene rings is 2. The highest BCUT2D eigenvalue weighted by atomic mass is 19.4. The summed E-state index contributed by atoms with van der Waals surface area (Å²) in [7, 11) is 0. The third kappa shape index (κ3) is 3.88. The van der Waals surface area contributed by atoms with Crippen molar-refractivity contribution in [2.24, 2.45) is 5.92 Å². The summed E-state index contributed by atoms with van der Waals surface area (Å²) in [6, 6.07) is 6.25. The molecule has 178 valence electrons. The third-order valence-corrected chi connectivity index (χ3v) is 6.70. The van der Waals surface area contributed by atoms with Crippen LogP contribution in [0.5, 0.6) is 0 Å². The van der Waals surface area contributed by atoms with Gasteiger partial charge in [-0.15, -0.1) is 0 Å². The summed E-state index contributed by atoms with van der Waals surface area (Å²) in [6.45, 7) is 0. The molecule has 0 bridgehead atoms. The number of hydrogen-bond donors (Lipinski definition) is 1. The van der Waals surface area contributed by atoms with Crippen LogP contribution in [0.1, 0.15) is 48.9 Å². The first kappa shape index (κ1) is 22.6. The fourth-order valence-electron chi connectivity index (χ4n) is 5.14. The van der Waals surface area contributed by atoms with Gasteiger partial charge in [0.1, 0.15) is 28.6 Å². The molecule has 1 aliphatic rings. The molecule has 3 nitrogen and oxygen atoms in total. The molecule has 0 unspecified atom stereocenters. The van der Waals surface area contributed by atoms with Crippen molar-refractivity contribution in [3.05, 3.63) is 71.2 Å². The molecule has 0 spiro atoms. The molecular weight excluding hydrogens is 463 g/mol. The molecule has 1 N–H and O–H groups in total. The maximum atomic E-state index is 14.1. The van der Waals surface area contributed by atoms with Gasteiger partial charge in [-0.1, -0.05) is 0 Å². The van der Waals surface area contributed by atoms with Crippen LogP contribution in [0.25, 0.3) is 21.9 Å². The highest BCUT2D eigenvalue weighted by molar-refractivity contribution is 5.82. The van der Waals surface area contributed by atoms with E-state index in [4.69, 9.17) is 0 Å². The summed E-state index contributed by atoms with van der Waals surface area (Å²) in [6.07, 6.45) is -1.98. The van der Waals surface area contributed by atoms with E-state index in [-0.39, 0.29) is 24.8 Å². The van der Waals surface area contributed by atoms with Crippen molar-refractivity contribution in [1.29, 1.82) is 0 Å². The van der Waals surface area contributed by atoms with Gasteiger partial charge >= 0.3 is 6.18 Å².